The standard InChI is InChI=1S/C10H8N8/c1-17-9-6(4-13-17)10-14-8(7-2-3-12-15-7)16-18(10)5-11-9/h2-5H,1H3,(H,12,15). The van der Waals surface area contributed by atoms with E-state index in [0.29, 0.717) is 5.82 Å². The van der Waals surface area contributed by atoms with E-state index in [2.05, 4.69) is 30.4 Å². The first-order valence-electron chi connectivity index (χ1n) is 5.36. The number of aromatic amines is 1. The monoisotopic (exact) mass is 240 g/mol. The second kappa shape index (κ2) is 3.13. The lowest BCUT2D eigenvalue weighted by Crippen LogP contribution is -1.94. The largest absolute Gasteiger partial charge is 0.275 e. The van der Waals surface area contributed by atoms with Gasteiger partial charge in [0, 0.05) is 13.2 Å². The molecule has 4 heterocycles. The van der Waals surface area contributed by atoms with E-state index in [1.54, 1.807) is 27.9 Å². The van der Waals surface area contributed by atoms with Crippen LogP contribution in [0.2, 0.25) is 0 Å². The minimum absolute atomic E-state index is 0.589. The van der Waals surface area contributed by atoms with E-state index in [1.165, 1.54) is 0 Å². The molecule has 0 atom stereocenters. The summed E-state index contributed by atoms with van der Waals surface area (Å²) < 4.78 is 3.35. The number of nitrogens with one attached hydrogen (secondary N) is 1. The third-order valence-electron chi connectivity index (χ3n) is 2.81. The fourth-order valence-corrected chi connectivity index (χ4v) is 1.93. The minimum Gasteiger partial charge on any atom is -0.275 e. The van der Waals surface area contributed by atoms with Gasteiger partial charge in [0.2, 0.25) is 0 Å². The Morgan fingerprint density at radius 2 is 2.22 bits per heavy atom. The molecule has 0 saturated carbocycles. The number of rotatable bonds is 1. The van der Waals surface area contributed by atoms with Gasteiger partial charge in [-0.2, -0.15) is 10.2 Å². The maximum Gasteiger partial charge on any atom is 0.200 e. The van der Waals surface area contributed by atoms with Crippen molar-refractivity contribution < 1.29 is 0 Å². The third-order valence-corrected chi connectivity index (χ3v) is 2.81. The number of fused-ring (bicyclic) bond motifs is 3. The van der Waals surface area contributed by atoms with E-state index < -0.39 is 0 Å². The van der Waals surface area contributed by atoms with Gasteiger partial charge in [-0.05, 0) is 6.07 Å². The zero-order valence-electron chi connectivity index (χ0n) is 9.44. The molecule has 4 aromatic heterocycles. The highest BCUT2D eigenvalue weighted by Gasteiger charge is 2.12. The van der Waals surface area contributed by atoms with Crippen LogP contribution in [0.1, 0.15) is 0 Å². The summed E-state index contributed by atoms with van der Waals surface area (Å²) in [4.78, 5) is 8.78. The molecule has 8 heteroatoms. The lowest BCUT2D eigenvalue weighted by atomic mass is 10.4. The van der Waals surface area contributed by atoms with Gasteiger partial charge in [-0.1, -0.05) is 0 Å². The van der Waals surface area contributed by atoms with Crippen molar-refractivity contribution in [3.8, 4) is 11.5 Å². The van der Waals surface area contributed by atoms with Gasteiger partial charge >= 0.3 is 0 Å². The molecule has 18 heavy (non-hydrogen) atoms. The summed E-state index contributed by atoms with van der Waals surface area (Å²) in [5.41, 5.74) is 2.29. The normalized spacial score (nSPS) is 11.6. The maximum absolute atomic E-state index is 4.48. The number of aromatic nitrogens is 8. The molecule has 0 bridgehead atoms. The number of nitrogens with zero attached hydrogens (tertiary/aromatic N) is 7. The van der Waals surface area contributed by atoms with Gasteiger partial charge in [0.25, 0.3) is 0 Å². The molecule has 0 aliphatic rings. The predicted molar refractivity (Wildman–Crippen MR) is 62.6 cm³/mol. The van der Waals surface area contributed by atoms with Crippen LogP contribution in [0, 0.1) is 0 Å². The smallest absolute Gasteiger partial charge is 0.200 e. The van der Waals surface area contributed by atoms with E-state index in [4.69, 9.17) is 0 Å². The molecule has 0 fully saturated rings. The molecule has 0 amide bonds. The Hall–Kier alpha value is -2.77. The van der Waals surface area contributed by atoms with E-state index in [0.717, 1.165) is 22.4 Å². The topological polar surface area (TPSA) is 89.6 Å². The summed E-state index contributed by atoms with van der Waals surface area (Å²) in [6, 6.07) is 1.82. The molecule has 0 aromatic carbocycles. The van der Waals surface area contributed by atoms with Crippen molar-refractivity contribution in [3.63, 3.8) is 0 Å². The Bertz CT molecular complexity index is 838. The van der Waals surface area contributed by atoms with Crippen LogP contribution >= 0.6 is 0 Å². The van der Waals surface area contributed by atoms with Crippen molar-refractivity contribution in [1.29, 1.82) is 0 Å². The van der Waals surface area contributed by atoms with Crippen LogP contribution in [0.4, 0.5) is 0 Å². The number of hydrogen-bond donors (Lipinski definition) is 1. The molecule has 0 saturated heterocycles. The van der Waals surface area contributed by atoms with Crippen molar-refractivity contribution in [1.82, 2.24) is 39.6 Å². The first kappa shape index (κ1) is 9.28. The molecule has 0 aliphatic carbocycles. The summed E-state index contributed by atoms with van der Waals surface area (Å²) in [6.07, 6.45) is 5.04. The zero-order chi connectivity index (χ0) is 12.1. The van der Waals surface area contributed by atoms with E-state index in [9.17, 15) is 0 Å². The molecule has 0 unspecified atom stereocenters. The molecule has 1 N–H and O–H groups in total. The molecular formula is C10H8N8. The van der Waals surface area contributed by atoms with Gasteiger partial charge in [0.1, 0.15) is 12.0 Å². The Labute approximate surface area is 100 Å². The number of aryl methyl sites for hydroxylation is 1. The van der Waals surface area contributed by atoms with Crippen LogP contribution in [0.25, 0.3) is 28.2 Å². The van der Waals surface area contributed by atoms with Gasteiger partial charge in [-0.15, -0.1) is 5.10 Å². The lowest BCUT2D eigenvalue weighted by molar-refractivity contribution is 0.783. The van der Waals surface area contributed by atoms with E-state index in [1.807, 2.05) is 13.1 Å². The fourth-order valence-electron chi connectivity index (χ4n) is 1.93. The molecule has 0 radical (unpaired) electrons. The lowest BCUT2D eigenvalue weighted by Gasteiger charge is -1.93. The second-order valence-electron chi connectivity index (χ2n) is 3.92. The summed E-state index contributed by atoms with van der Waals surface area (Å²) in [6.45, 7) is 0. The summed E-state index contributed by atoms with van der Waals surface area (Å²) in [5.74, 6) is 0.589. The summed E-state index contributed by atoms with van der Waals surface area (Å²) >= 11 is 0. The van der Waals surface area contributed by atoms with E-state index >= 15 is 0 Å². The van der Waals surface area contributed by atoms with Crippen molar-refractivity contribution in [2.45, 2.75) is 0 Å². The maximum atomic E-state index is 4.48. The van der Waals surface area contributed by atoms with Crippen molar-refractivity contribution in [2.24, 2.45) is 7.05 Å². The second-order valence-corrected chi connectivity index (χ2v) is 3.92. The predicted octanol–water partition coefficient (Wildman–Crippen LogP) is 0.401. The van der Waals surface area contributed by atoms with Crippen molar-refractivity contribution >= 4 is 16.7 Å². The highest BCUT2D eigenvalue weighted by molar-refractivity contribution is 5.88. The Morgan fingerprint density at radius 1 is 1.28 bits per heavy atom. The van der Waals surface area contributed by atoms with Gasteiger partial charge in [0.15, 0.2) is 17.1 Å². The van der Waals surface area contributed by atoms with Crippen LogP contribution in [-0.2, 0) is 7.05 Å². The summed E-state index contributed by atoms with van der Waals surface area (Å²) in [5, 5.41) is 16.1. The summed E-state index contributed by atoms with van der Waals surface area (Å²) in [7, 11) is 1.85. The Kier molecular flexibility index (Phi) is 1.61. The first-order chi connectivity index (χ1) is 8.83. The van der Waals surface area contributed by atoms with Gasteiger partial charge in [0.05, 0.1) is 11.6 Å². The van der Waals surface area contributed by atoms with Crippen LogP contribution in [0.15, 0.2) is 24.8 Å². The fraction of sp³-hybridized carbons (Fsp3) is 0.100. The first-order valence-corrected chi connectivity index (χ1v) is 5.36. The van der Waals surface area contributed by atoms with Crippen LogP contribution in [0.5, 0.6) is 0 Å². The number of hydrogen-bond acceptors (Lipinski definition) is 5. The van der Waals surface area contributed by atoms with Crippen LogP contribution < -0.4 is 0 Å². The van der Waals surface area contributed by atoms with Gasteiger partial charge in [-0.25, -0.2) is 14.5 Å². The third kappa shape index (κ3) is 1.11. The molecule has 0 spiro atoms. The van der Waals surface area contributed by atoms with Crippen LogP contribution in [-0.4, -0.2) is 39.6 Å². The Morgan fingerprint density at radius 3 is 3.06 bits per heavy atom. The van der Waals surface area contributed by atoms with Gasteiger partial charge < -0.3 is 0 Å². The van der Waals surface area contributed by atoms with Crippen molar-refractivity contribution in [3.05, 3.63) is 24.8 Å². The average molecular weight is 240 g/mol. The Balaban J connectivity index is 2.08. The molecule has 0 aliphatic heterocycles. The van der Waals surface area contributed by atoms with Gasteiger partial charge in [-0.3, -0.25) is 9.78 Å². The average Bonchev–Trinajstić information content (AvgIpc) is 3.05. The van der Waals surface area contributed by atoms with E-state index in [-0.39, 0.29) is 0 Å². The van der Waals surface area contributed by atoms with Crippen LogP contribution in [0.3, 0.4) is 0 Å². The molecule has 88 valence electrons. The minimum atomic E-state index is 0.589. The highest BCUT2D eigenvalue weighted by atomic mass is 15.3. The quantitative estimate of drug-likeness (QED) is 0.520. The zero-order valence-corrected chi connectivity index (χ0v) is 9.44. The van der Waals surface area contributed by atoms with Crippen molar-refractivity contribution in [2.75, 3.05) is 0 Å². The highest BCUT2D eigenvalue weighted by Crippen LogP contribution is 2.18. The molecular weight excluding hydrogens is 232 g/mol. The molecule has 4 rings (SSSR count). The molecule has 8 nitrogen and oxygen atoms in total. The molecule has 4 aromatic rings. The SMILES string of the molecule is Cn1ncc2c1ncn1nc(-c3ccn[nH]3)nc21. The number of H-pyrrole nitrogens is 1.